The summed E-state index contributed by atoms with van der Waals surface area (Å²) in [7, 11) is 1.70. The second-order valence-corrected chi connectivity index (χ2v) is 4.29. The standard InChI is InChI=1S/C9H15N3.C7H9N/c1-5-12-8(3)9(6-11-4)7(2)10;1-6-2-4-7(8)5-3-6/h5-6H,1,10H2,2-4H3;2-5H,8H2,1H3/b9-7+,11-6?,12-8?;. The summed E-state index contributed by atoms with van der Waals surface area (Å²) in [5, 5.41) is 0. The van der Waals surface area contributed by atoms with Crippen molar-refractivity contribution in [3.63, 3.8) is 0 Å². The molecule has 0 aliphatic heterocycles. The second kappa shape index (κ2) is 9.55. The molecule has 0 spiro atoms. The van der Waals surface area contributed by atoms with Crippen molar-refractivity contribution in [1.82, 2.24) is 0 Å². The van der Waals surface area contributed by atoms with Crippen molar-refractivity contribution in [2.45, 2.75) is 20.8 Å². The second-order valence-electron chi connectivity index (χ2n) is 4.29. The largest absolute Gasteiger partial charge is 0.402 e. The molecule has 0 amide bonds. The number of nitrogen functional groups attached to an aromatic ring is 1. The Labute approximate surface area is 121 Å². The van der Waals surface area contributed by atoms with E-state index in [-0.39, 0.29) is 0 Å². The van der Waals surface area contributed by atoms with Crippen molar-refractivity contribution in [2.75, 3.05) is 12.8 Å². The van der Waals surface area contributed by atoms with E-state index in [0.717, 1.165) is 17.0 Å². The molecular formula is C16H24N4. The van der Waals surface area contributed by atoms with Crippen molar-refractivity contribution in [1.29, 1.82) is 0 Å². The topological polar surface area (TPSA) is 76.8 Å². The lowest BCUT2D eigenvalue weighted by atomic mass is 10.1. The molecule has 0 aliphatic rings. The van der Waals surface area contributed by atoms with E-state index in [0.29, 0.717) is 5.70 Å². The Bertz CT molecular complexity index is 483. The zero-order valence-corrected chi connectivity index (χ0v) is 12.7. The van der Waals surface area contributed by atoms with Gasteiger partial charge in [-0.3, -0.25) is 9.98 Å². The molecule has 0 heterocycles. The maximum absolute atomic E-state index is 5.63. The maximum atomic E-state index is 5.63. The number of hydrogen-bond donors (Lipinski definition) is 2. The summed E-state index contributed by atoms with van der Waals surface area (Å²) < 4.78 is 0. The van der Waals surface area contributed by atoms with Gasteiger partial charge in [0.05, 0.1) is 0 Å². The van der Waals surface area contributed by atoms with Crippen LogP contribution in [0.5, 0.6) is 0 Å². The molecule has 0 aromatic heterocycles. The third-order valence-electron chi connectivity index (χ3n) is 2.44. The lowest BCUT2D eigenvalue weighted by molar-refractivity contribution is 1.29. The molecule has 0 saturated carbocycles. The molecule has 108 valence electrons. The fourth-order valence-corrected chi connectivity index (χ4v) is 1.38. The molecule has 4 heteroatoms. The van der Waals surface area contributed by atoms with Crippen LogP contribution in [0.25, 0.3) is 0 Å². The number of hydrogen-bond acceptors (Lipinski definition) is 4. The number of allylic oxidation sites excluding steroid dienone is 2. The van der Waals surface area contributed by atoms with Crippen LogP contribution in [0.2, 0.25) is 0 Å². The fraction of sp³-hybridized carbons (Fsp3) is 0.250. The van der Waals surface area contributed by atoms with Gasteiger partial charge in [-0.15, -0.1) is 0 Å². The normalized spacial score (nSPS) is 12.5. The van der Waals surface area contributed by atoms with Gasteiger partial charge in [0.2, 0.25) is 0 Å². The monoisotopic (exact) mass is 272 g/mol. The van der Waals surface area contributed by atoms with Crippen molar-refractivity contribution in [3.8, 4) is 0 Å². The first-order valence-corrected chi connectivity index (χ1v) is 6.28. The third-order valence-corrected chi connectivity index (χ3v) is 2.44. The van der Waals surface area contributed by atoms with E-state index in [2.05, 4.69) is 16.6 Å². The minimum Gasteiger partial charge on any atom is -0.402 e. The average Bonchev–Trinajstić information content (AvgIpc) is 2.40. The summed E-state index contributed by atoms with van der Waals surface area (Å²) in [5.41, 5.74) is 15.5. The highest BCUT2D eigenvalue weighted by Gasteiger charge is 1.99. The zero-order chi connectivity index (χ0) is 15.5. The number of anilines is 1. The molecule has 4 N–H and O–H groups in total. The van der Waals surface area contributed by atoms with Crippen molar-refractivity contribution < 1.29 is 0 Å². The fourth-order valence-electron chi connectivity index (χ4n) is 1.38. The Morgan fingerprint density at radius 2 is 1.75 bits per heavy atom. The molecular weight excluding hydrogens is 248 g/mol. The Morgan fingerprint density at radius 1 is 1.20 bits per heavy atom. The minimum atomic E-state index is 0.712. The van der Waals surface area contributed by atoms with Gasteiger partial charge in [0.1, 0.15) is 0 Å². The summed E-state index contributed by atoms with van der Waals surface area (Å²) in [4.78, 5) is 7.90. The van der Waals surface area contributed by atoms with Gasteiger partial charge in [0.15, 0.2) is 0 Å². The summed E-state index contributed by atoms with van der Waals surface area (Å²) in [6.45, 7) is 9.24. The van der Waals surface area contributed by atoms with E-state index in [1.165, 1.54) is 11.8 Å². The molecule has 0 radical (unpaired) electrons. The van der Waals surface area contributed by atoms with E-state index < -0.39 is 0 Å². The van der Waals surface area contributed by atoms with Gasteiger partial charge < -0.3 is 11.5 Å². The Kier molecular flexibility index (Phi) is 8.43. The highest BCUT2D eigenvalue weighted by molar-refractivity contribution is 6.15. The van der Waals surface area contributed by atoms with Gasteiger partial charge in [-0.05, 0) is 32.9 Å². The van der Waals surface area contributed by atoms with Crippen LogP contribution >= 0.6 is 0 Å². The SMILES string of the molecule is C=CN=C(C)/C(C=NC)=C(\C)N.Cc1ccc(N)cc1. The molecule has 0 atom stereocenters. The van der Waals surface area contributed by atoms with Crippen LogP contribution in [0.1, 0.15) is 19.4 Å². The van der Waals surface area contributed by atoms with Crippen LogP contribution in [0, 0.1) is 6.92 Å². The number of aryl methyl sites for hydroxylation is 1. The smallest absolute Gasteiger partial charge is 0.0477 e. The molecule has 0 bridgehead atoms. The minimum absolute atomic E-state index is 0.712. The molecule has 1 aromatic rings. The summed E-state index contributed by atoms with van der Waals surface area (Å²) in [5.74, 6) is 0. The highest BCUT2D eigenvalue weighted by Crippen LogP contribution is 2.02. The van der Waals surface area contributed by atoms with Crippen molar-refractivity contribution in [2.24, 2.45) is 15.7 Å². The summed E-state index contributed by atoms with van der Waals surface area (Å²) >= 11 is 0. The summed E-state index contributed by atoms with van der Waals surface area (Å²) in [6, 6.07) is 7.79. The number of aliphatic imine (C=N–C) groups is 2. The number of benzene rings is 1. The van der Waals surface area contributed by atoms with E-state index in [1.807, 2.05) is 45.0 Å². The maximum Gasteiger partial charge on any atom is 0.0477 e. The van der Waals surface area contributed by atoms with Gasteiger partial charge in [-0.25, -0.2) is 0 Å². The average molecular weight is 272 g/mol. The van der Waals surface area contributed by atoms with Crippen LogP contribution in [0.4, 0.5) is 5.69 Å². The molecule has 1 aromatic carbocycles. The van der Waals surface area contributed by atoms with Crippen LogP contribution in [-0.4, -0.2) is 19.0 Å². The van der Waals surface area contributed by atoms with Gasteiger partial charge >= 0.3 is 0 Å². The van der Waals surface area contributed by atoms with E-state index in [9.17, 15) is 0 Å². The van der Waals surface area contributed by atoms with Crippen molar-refractivity contribution in [3.05, 3.63) is 53.9 Å². The Hall–Kier alpha value is -2.36. The molecule has 4 nitrogen and oxygen atoms in total. The number of nitrogens with two attached hydrogens (primary N) is 2. The quantitative estimate of drug-likeness (QED) is 0.655. The predicted molar refractivity (Wildman–Crippen MR) is 90.2 cm³/mol. The molecule has 1 rings (SSSR count). The summed E-state index contributed by atoms with van der Waals surface area (Å²) in [6.07, 6.45) is 3.18. The number of rotatable bonds is 3. The molecule has 0 unspecified atom stereocenters. The molecule has 20 heavy (non-hydrogen) atoms. The van der Waals surface area contributed by atoms with Gasteiger partial charge in [-0.2, -0.15) is 0 Å². The van der Waals surface area contributed by atoms with Crippen LogP contribution < -0.4 is 11.5 Å². The molecule has 0 saturated heterocycles. The van der Waals surface area contributed by atoms with Crippen molar-refractivity contribution >= 4 is 17.6 Å². The van der Waals surface area contributed by atoms with Gasteiger partial charge in [0.25, 0.3) is 0 Å². The predicted octanol–water partition coefficient (Wildman–Crippen LogP) is 3.10. The van der Waals surface area contributed by atoms with E-state index in [4.69, 9.17) is 11.5 Å². The Morgan fingerprint density at radius 3 is 2.10 bits per heavy atom. The lowest BCUT2D eigenvalue weighted by Crippen LogP contribution is -2.07. The van der Waals surface area contributed by atoms with Crippen LogP contribution in [-0.2, 0) is 0 Å². The van der Waals surface area contributed by atoms with Crippen LogP contribution in [0.3, 0.4) is 0 Å². The first-order valence-electron chi connectivity index (χ1n) is 6.28. The zero-order valence-electron chi connectivity index (χ0n) is 12.7. The highest BCUT2D eigenvalue weighted by atomic mass is 14.7. The first kappa shape index (κ1) is 17.6. The van der Waals surface area contributed by atoms with E-state index in [1.54, 1.807) is 13.3 Å². The lowest BCUT2D eigenvalue weighted by Gasteiger charge is -2.01. The van der Waals surface area contributed by atoms with E-state index >= 15 is 0 Å². The van der Waals surface area contributed by atoms with Crippen LogP contribution in [0.15, 0.2) is 58.3 Å². The van der Waals surface area contributed by atoms with Gasteiger partial charge in [0, 0.05) is 42.1 Å². The Balaban J connectivity index is 0.000000388. The number of nitrogens with zero attached hydrogens (tertiary/aromatic N) is 2. The third kappa shape index (κ3) is 7.16. The first-order chi connectivity index (χ1) is 9.42. The van der Waals surface area contributed by atoms with Gasteiger partial charge in [-0.1, -0.05) is 24.3 Å². The molecule has 0 aliphatic carbocycles. The molecule has 0 fully saturated rings.